The van der Waals surface area contributed by atoms with Gasteiger partial charge in [0.25, 0.3) is 0 Å². The molecule has 0 aromatic heterocycles. The highest BCUT2D eigenvalue weighted by molar-refractivity contribution is 6.02. The molecule has 184 valence electrons. The van der Waals surface area contributed by atoms with Gasteiger partial charge in [0, 0.05) is 39.8 Å². The maximum Gasteiger partial charge on any atom is 0.248 e. The van der Waals surface area contributed by atoms with Gasteiger partial charge in [-0.3, -0.25) is 14.8 Å². The Morgan fingerprint density at radius 3 is 2.46 bits per heavy atom. The minimum atomic E-state index is -0.360. The number of fused-ring (bicyclic) bond motifs is 1. The number of benzene rings is 2. The van der Waals surface area contributed by atoms with Gasteiger partial charge in [-0.2, -0.15) is 0 Å². The fourth-order valence-electron chi connectivity index (χ4n) is 4.34. The Hall–Kier alpha value is -3.58. The third-order valence-electron chi connectivity index (χ3n) is 6.02. The highest BCUT2D eigenvalue weighted by Crippen LogP contribution is 2.32. The summed E-state index contributed by atoms with van der Waals surface area (Å²) in [7, 11) is 0. The average Bonchev–Trinajstić information content (AvgIpc) is 3.24. The molecule has 3 rings (SSSR count). The van der Waals surface area contributed by atoms with E-state index in [4.69, 9.17) is 5.21 Å². The van der Waals surface area contributed by atoms with Gasteiger partial charge in [-0.15, -0.1) is 0 Å². The lowest BCUT2D eigenvalue weighted by Crippen LogP contribution is -2.17. The van der Waals surface area contributed by atoms with Crippen molar-refractivity contribution in [3.63, 3.8) is 0 Å². The van der Waals surface area contributed by atoms with Gasteiger partial charge in [-0.05, 0) is 79.3 Å². The molecule has 0 heterocycles. The van der Waals surface area contributed by atoms with Crippen LogP contribution in [0.1, 0.15) is 72.4 Å². The number of nitrogens with one attached hydrogen (secondary N) is 2. The minimum Gasteiger partial charge on any atom is -0.322 e. The van der Waals surface area contributed by atoms with Crippen LogP contribution in [-0.2, 0) is 9.59 Å². The van der Waals surface area contributed by atoms with Crippen molar-refractivity contribution in [2.45, 2.75) is 58.4 Å². The third-order valence-corrected chi connectivity index (χ3v) is 6.02. The molecule has 0 saturated heterocycles. The zero-order valence-corrected chi connectivity index (χ0v) is 20.4. The molecule has 0 fully saturated rings. The number of hydrogen-bond donors (Lipinski definition) is 3. The Bertz CT molecular complexity index is 1120. The molecule has 7 nitrogen and oxygen atoms in total. The second-order valence-corrected chi connectivity index (χ2v) is 9.08. The number of nitrogens with zero attached hydrogens (tertiary/aromatic N) is 1. The molecule has 0 spiro atoms. The predicted molar refractivity (Wildman–Crippen MR) is 138 cm³/mol. The summed E-state index contributed by atoms with van der Waals surface area (Å²) in [5.74, 6) is -0.548. The molecule has 1 aliphatic rings. The summed E-state index contributed by atoms with van der Waals surface area (Å²) in [5.41, 5.74) is 7.48. The average molecular weight is 477 g/mol. The fraction of sp³-hybridized carbons (Fsp3) is 0.357. The number of rotatable bonds is 12. The minimum absolute atomic E-state index is 0.189. The van der Waals surface area contributed by atoms with E-state index in [0.29, 0.717) is 13.0 Å². The topological polar surface area (TPSA) is 98.5 Å². The zero-order valence-electron chi connectivity index (χ0n) is 20.4. The van der Waals surface area contributed by atoms with E-state index in [0.717, 1.165) is 70.4 Å². The second kappa shape index (κ2) is 12.8. The maximum atomic E-state index is 12.7. The zero-order chi connectivity index (χ0) is 25.2. The van der Waals surface area contributed by atoms with Gasteiger partial charge in [0.15, 0.2) is 6.54 Å². The third kappa shape index (κ3) is 8.00. The first kappa shape index (κ1) is 26.0. The van der Waals surface area contributed by atoms with Crippen LogP contribution >= 0.6 is 0 Å². The number of anilines is 1. The normalized spacial score (nSPS) is 14.2. The van der Waals surface area contributed by atoms with Crippen molar-refractivity contribution in [2.75, 3.05) is 11.9 Å². The van der Waals surface area contributed by atoms with Gasteiger partial charge in [0.2, 0.25) is 17.9 Å². The number of hydroxylamine groups is 1. The van der Waals surface area contributed by atoms with E-state index >= 15 is 0 Å². The molecule has 35 heavy (non-hydrogen) atoms. The van der Waals surface area contributed by atoms with Crippen molar-refractivity contribution in [3.05, 3.63) is 81.3 Å². The SMILES string of the molecule is Cc1cc(C)cc(NC(=O)/C=C/c2ccc3c(c2)C=CC3[N+](=O)CCCCCCCC(=O)NO)c1. The van der Waals surface area contributed by atoms with Gasteiger partial charge >= 0.3 is 0 Å². The van der Waals surface area contributed by atoms with Crippen molar-refractivity contribution < 1.29 is 19.6 Å². The maximum absolute atomic E-state index is 12.7. The van der Waals surface area contributed by atoms with Crippen LogP contribution in [0.15, 0.2) is 48.6 Å². The monoisotopic (exact) mass is 476 g/mol. The molecule has 2 aromatic rings. The summed E-state index contributed by atoms with van der Waals surface area (Å²) in [5, 5.41) is 11.4. The molecule has 7 heteroatoms. The number of carbonyl (C=O) groups excluding carboxylic acids is 2. The summed E-state index contributed by atoms with van der Waals surface area (Å²) < 4.78 is 1.12. The standard InChI is InChI=1S/C28H33N3O4/c1-20-16-21(2)18-24(17-20)29-27(32)14-10-22-9-12-25-23(19-22)11-13-26(25)31(35)15-7-5-3-4-6-8-28(33)30-34/h9-14,16-19,26H,3-8,15H2,1-2H3,(H2-,29,30,32,33,34)/p+1/b14-10+. The van der Waals surface area contributed by atoms with Gasteiger partial charge in [0.1, 0.15) is 0 Å². The molecular weight excluding hydrogens is 442 g/mol. The number of hydrogen-bond acceptors (Lipinski definition) is 4. The highest BCUT2D eigenvalue weighted by Gasteiger charge is 2.29. The number of carbonyl (C=O) groups is 2. The number of unbranched alkanes of at least 4 members (excludes halogenated alkanes) is 4. The number of aryl methyl sites for hydroxylation is 2. The van der Waals surface area contributed by atoms with Crippen LogP contribution in [0.2, 0.25) is 0 Å². The first-order chi connectivity index (χ1) is 16.9. The van der Waals surface area contributed by atoms with E-state index in [-0.39, 0.29) is 17.9 Å². The Morgan fingerprint density at radius 1 is 1.00 bits per heavy atom. The molecule has 1 unspecified atom stereocenters. The molecule has 2 amide bonds. The fourth-order valence-corrected chi connectivity index (χ4v) is 4.34. The lowest BCUT2D eigenvalue weighted by molar-refractivity contribution is -0.580. The van der Waals surface area contributed by atoms with Crippen LogP contribution in [0.4, 0.5) is 5.69 Å². The lowest BCUT2D eigenvalue weighted by Gasteiger charge is -2.06. The molecule has 3 N–H and O–H groups in total. The first-order valence-electron chi connectivity index (χ1n) is 12.1. The van der Waals surface area contributed by atoms with E-state index < -0.39 is 0 Å². The molecule has 0 saturated carbocycles. The molecule has 0 bridgehead atoms. The quantitative estimate of drug-likeness (QED) is 0.121. The molecule has 1 atom stereocenters. The van der Waals surface area contributed by atoms with Crippen molar-refractivity contribution in [2.24, 2.45) is 0 Å². The van der Waals surface area contributed by atoms with Crippen LogP contribution in [0.5, 0.6) is 0 Å². The van der Waals surface area contributed by atoms with Crippen molar-refractivity contribution in [1.82, 2.24) is 5.48 Å². The van der Waals surface area contributed by atoms with E-state index in [1.807, 2.05) is 56.3 Å². The summed E-state index contributed by atoms with van der Waals surface area (Å²) >= 11 is 0. The lowest BCUT2D eigenvalue weighted by atomic mass is 10.0. The number of nitroso groups, excluding NO2 is 1. The van der Waals surface area contributed by atoms with Crippen LogP contribution in [0.25, 0.3) is 12.2 Å². The van der Waals surface area contributed by atoms with Gasteiger partial charge in [-0.25, -0.2) is 5.48 Å². The van der Waals surface area contributed by atoms with Crippen LogP contribution < -0.4 is 10.8 Å². The van der Waals surface area contributed by atoms with E-state index in [2.05, 4.69) is 11.4 Å². The van der Waals surface area contributed by atoms with E-state index in [9.17, 15) is 14.5 Å². The van der Waals surface area contributed by atoms with Crippen LogP contribution in [-0.4, -0.2) is 28.3 Å². The second-order valence-electron chi connectivity index (χ2n) is 9.08. The largest absolute Gasteiger partial charge is 0.322 e. The molecule has 0 radical (unpaired) electrons. The Morgan fingerprint density at radius 2 is 1.71 bits per heavy atom. The molecule has 1 aliphatic carbocycles. The van der Waals surface area contributed by atoms with E-state index in [1.165, 1.54) is 6.08 Å². The first-order valence-corrected chi connectivity index (χ1v) is 12.1. The summed E-state index contributed by atoms with van der Waals surface area (Å²) in [6.07, 6.45) is 11.8. The van der Waals surface area contributed by atoms with Crippen LogP contribution in [0.3, 0.4) is 0 Å². The number of amides is 2. The summed E-state index contributed by atoms with van der Waals surface area (Å²) in [4.78, 5) is 36.0. The summed E-state index contributed by atoms with van der Waals surface area (Å²) in [6, 6.07) is 11.5. The van der Waals surface area contributed by atoms with Crippen molar-refractivity contribution in [1.29, 1.82) is 0 Å². The molecule has 0 aliphatic heterocycles. The van der Waals surface area contributed by atoms with Gasteiger partial charge < -0.3 is 5.32 Å². The Kier molecular flexibility index (Phi) is 9.49. The van der Waals surface area contributed by atoms with Gasteiger partial charge in [-0.1, -0.05) is 37.1 Å². The van der Waals surface area contributed by atoms with Crippen molar-refractivity contribution in [3.8, 4) is 0 Å². The highest BCUT2D eigenvalue weighted by atomic mass is 16.5. The van der Waals surface area contributed by atoms with Crippen molar-refractivity contribution >= 4 is 29.7 Å². The Balaban J connectivity index is 1.46. The predicted octanol–water partition coefficient (Wildman–Crippen LogP) is 5.65. The smallest absolute Gasteiger partial charge is 0.248 e. The molecular formula is C28H34N3O4+. The van der Waals surface area contributed by atoms with Crippen LogP contribution in [0, 0.1) is 18.8 Å². The Labute approximate surface area is 206 Å². The van der Waals surface area contributed by atoms with E-state index in [1.54, 1.807) is 11.6 Å². The molecule has 2 aromatic carbocycles. The van der Waals surface area contributed by atoms with Gasteiger partial charge in [0.05, 0.1) is 0 Å². The summed E-state index contributed by atoms with van der Waals surface area (Å²) in [6.45, 7) is 4.45.